The number of rotatable bonds is 5. The second-order valence-electron chi connectivity index (χ2n) is 7.27. The van der Waals surface area contributed by atoms with Crippen LogP contribution in [0.3, 0.4) is 0 Å². The maximum absolute atomic E-state index is 12.3. The first-order valence-electron chi connectivity index (χ1n) is 9.72. The first kappa shape index (κ1) is 19.1. The topological polar surface area (TPSA) is 75.4 Å². The lowest BCUT2D eigenvalue weighted by atomic mass is 10.1. The van der Waals surface area contributed by atoms with Crippen molar-refractivity contribution in [3.8, 4) is 5.75 Å². The summed E-state index contributed by atoms with van der Waals surface area (Å²) in [6.07, 6.45) is 1.34. The molecule has 0 saturated carbocycles. The van der Waals surface area contributed by atoms with Crippen LogP contribution in [0.4, 0.5) is 0 Å². The number of aromatic hydroxyl groups is 1. The maximum Gasteiger partial charge on any atom is 0.343 e. The van der Waals surface area contributed by atoms with Crippen molar-refractivity contribution in [3.63, 3.8) is 0 Å². The molecule has 7 heteroatoms. The van der Waals surface area contributed by atoms with E-state index >= 15 is 0 Å². The molecule has 28 heavy (non-hydrogen) atoms. The summed E-state index contributed by atoms with van der Waals surface area (Å²) in [5, 5.41) is 10.7. The molecule has 0 radical (unpaired) electrons. The van der Waals surface area contributed by atoms with Crippen LogP contribution >= 0.6 is 0 Å². The molecule has 2 aliphatic rings. The van der Waals surface area contributed by atoms with Crippen molar-refractivity contribution in [1.29, 1.82) is 0 Å². The van der Waals surface area contributed by atoms with Crippen LogP contribution in [-0.4, -0.2) is 60.9 Å². The lowest BCUT2D eigenvalue weighted by molar-refractivity contribution is -0.0334. The van der Waals surface area contributed by atoms with E-state index in [1.165, 1.54) is 6.26 Å². The van der Waals surface area contributed by atoms with Gasteiger partial charge in [-0.1, -0.05) is 30.3 Å². The fourth-order valence-electron chi connectivity index (χ4n) is 3.73. The third-order valence-corrected chi connectivity index (χ3v) is 5.35. The monoisotopic (exact) mass is 386 g/mol. The maximum atomic E-state index is 12.3. The van der Waals surface area contributed by atoms with Gasteiger partial charge in [0.2, 0.25) is 0 Å². The van der Waals surface area contributed by atoms with Gasteiger partial charge in [-0.15, -0.1) is 0 Å². The zero-order chi connectivity index (χ0) is 19.3. The summed E-state index contributed by atoms with van der Waals surface area (Å²) in [7, 11) is 0. The van der Waals surface area contributed by atoms with Gasteiger partial charge in [-0.2, -0.15) is 0 Å². The molecule has 0 spiro atoms. The van der Waals surface area contributed by atoms with Crippen LogP contribution < -0.4 is 5.63 Å². The third kappa shape index (κ3) is 4.44. The van der Waals surface area contributed by atoms with E-state index in [1.54, 1.807) is 0 Å². The van der Waals surface area contributed by atoms with Crippen LogP contribution in [0, 0.1) is 0 Å². The average Bonchev–Trinajstić information content (AvgIpc) is 2.75. The number of hydrogen-bond acceptors (Lipinski definition) is 7. The molecule has 4 rings (SSSR count). The molecule has 2 aliphatic heterocycles. The van der Waals surface area contributed by atoms with Crippen LogP contribution in [0.2, 0.25) is 0 Å². The molecule has 0 bridgehead atoms. The Labute approximate surface area is 164 Å². The Bertz CT molecular complexity index is 832. The predicted octanol–water partition coefficient (Wildman–Crippen LogP) is 1.75. The van der Waals surface area contributed by atoms with Gasteiger partial charge in [0.25, 0.3) is 0 Å². The van der Waals surface area contributed by atoms with Crippen LogP contribution in [0.15, 0.2) is 45.8 Å². The van der Waals surface area contributed by atoms with Gasteiger partial charge >= 0.3 is 5.63 Å². The normalized spacial score (nSPS) is 21.6. The molecule has 1 aromatic carbocycles. The molecule has 2 fully saturated rings. The third-order valence-electron chi connectivity index (χ3n) is 5.35. The van der Waals surface area contributed by atoms with Crippen LogP contribution in [0.25, 0.3) is 0 Å². The van der Waals surface area contributed by atoms with E-state index in [9.17, 15) is 9.90 Å². The summed E-state index contributed by atoms with van der Waals surface area (Å²) in [6, 6.07) is 10.1. The van der Waals surface area contributed by atoms with E-state index in [-0.39, 0.29) is 11.9 Å². The summed E-state index contributed by atoms with van der Waals surface area (Å²) < 4.78 is 16.5. The summed E-state index contributed by atoms with van der Waals surface area (Å²) in [5.41, 5.74) is 1.60. The molecular formula is C21H26N2O5. The average molecular weight is 386 g/mol. The summed E-state index contributed by atoms with van der Waals surface area (Å²) in [5.74, 6) is 0.0468. The van der Waals surface area contributed by atoms with Gasteiger partial charge < -0.3 is 19.0 Å². The Hall–Kier alpha value is -2.19. The van der Waals surface area contributed by atoms with Crippen LogP contribution in [0.1, 0.15) is 22.8 Å². The van der Waals surface area contributed by atoms with E-state index in [0.29, 0.717) is 57.1 Å². The molecule has 1 atom stereocenters. The first-order chi connectivity index (χ1) is 13.7. The Morgan fingerprint density at radius 2 is 1.75 bits per heavy atom. The van der Waals surface area contributed by atoms with Crippen molar-refractivity contribution in [3.05, 3.63) is 63.7 Å². The quantitative estimate of drug-likeness (QED) is 0.839. The fourth-order valence-corrected chi connectivity index (χ4v) is 3.73. The highest BCUT2D eigenvalue weighted by Gasteiger charge is 2.25. The van der Waals surface area contributed by atoms with Crippen LogP contribution in [0.5, 0.6) is 5.75 Å². The molecule has 2 aromatic rings. The lowest BCUT2D eigenvalue weighted by Crippen LogP contribution is -2.39. The van der Waals surface area contributed by atoms with E-state index in [0.717, 1.165) is 18.7 Å². The van der Waals surface area contributed by atoms with Gasteiger partial charge in [-0.05, 0) is 5.56 Å². The fraction of sp³-hybridized carbons (Fsp3) is 0.476. The molecule has 1 N–H and O–H groups in total. The number of hydrogen-bond donors (Lipinski definition) is 1. The first-order valence-corrected chi connectivity index (χ1v) is 9.72. The largest absolute Gasteiger partial charge is 0.507 e. The molecule has 0 amide bonds. The molecule has 0 aliphatic carbocycles. The standard InChI is InChI=1S/C21H26N2O5/c24-20-17(12-22-6-9-26-10-7-22)15-28-21(25)18(20)13-23-8-11-27-19(14-23)16-4-2-1-3-5-16/h1-5,15,19,24H,6-14H2. The minimum atomic E-state index is -0.481. The summed E-state index contributed by atoms with van der Waals surface area (Å²) in [6.45, 7) is 5.80. The molecule has 7 nitrogen and oxygen atoms in total. The number of nitrogens with zero attached hydrogens (tertiary/aromatic N) is 2. The SMILES string of the molecule is O=c1occ(CN2CCOCC2)c(O)c1CN1CCOC(c2ccccc2)C1. The van der Waals surface area contributed by atoms with Crippen molar-refractivity contribution < 1.29 is 19.0 Å². The van der Waals surface area contributed by atoms with Crippen molar-refractivity contribution in [2.45, 2.75) is 19.2 Å². The number of morpholine rings is 2. The zero-order valence-electron chi connectivity index (χ0n) is 15.9. The van der Waals surface area contributed by atoms with Gasteiger partial charge in [0.15, 0.2) is 0 Å². The van der Waals surface area contributed by atoms with E-state index in [4.69, 9.17) is 13.9 Å². The highest BCUT2D eigenvalue weighted by atomic mass is 16.5. The number of ether oxygens (including phenoxy) is 2. The Morgan fingerprint density at radius 1 is 1.00 bits per heavy atom. The molecule has 1 unspecified atom stereocenters. The minimum Gasteiger partial charge on any atom is -0.507 e. The number of benzene rings is 1. The molecular weight excluding hydrogens is 360 g/mol. The highest BCUT2D eigenvalue weighted by Crippen LogP contribution is 2.26. The van der Waals surface area contributed by atoms with Crippen molar-refractivity contribution in [1.82, 2.24) is 9.80 Å². The second-order valence-corrected chi connectivity index (χ2v) is 7.27. The molecule has 1 aromatic heterocycles. The summed E-state index contributed by atoms with van der Waals surface area (Å²) >= 11 is 0. The Kier molecular flexibility index (Phi) is 6.07. The van der Waals surface area contributed by atoms with Gasteiger partial charge in [0.05, 0.1) is 31.5 Å². The molecule has 2 saturated heterocycles. The van der Waals surface area contributed by atoms with Gasteiger partial charge in [-0.25, -0.2) is 4.79 Å². The Balaban J connectivity index is 1.47. The van der Waals surface area contributed by atoms with Gasteiger partial charge in [0.1, 0.15) is 12.0 Å². The lowest BCUT2D eigenvalue weighted by Gasteiger charge is -2.33. The van der Waals surface area contributed by atoms with Crippen molar-refractivity contribution in [2.24, 2.45) is 0 Å². The molecule has 3 heterocycles. The summed E-state index contributed by atoms with van der Waals surface area (Å²) in [4.78, 5) is 16.6. The second kappa shape index (κ2) is 8.87. The zero-order valence-corrected chi connectivity index (χ0v) is 15.9. The molecule has 150 valence electrons. The van der Waals surface area contributed by atoms with Gasteiger partial charge in [0, 0.05) is 44.8 Å². The Morgan fingerprint density at radius 3 is 2.54 bits per heavy atom. The van der Waals surface area contributed by atoms with E-state index < -0.39 is 5.63 Å². The predicted molar refractivity (Wildman–Crippen MR) is 103 cm³/mol. The minimum absolute atomic E-state index is 0.0410. The highest BCUT2D eigenvalue weighted by molar-refractivity contribution is 5.36. The smallest absolute Gasteiger partial charge is 0.343 e. The van der Waals surface area contributed by atoms with Crippen molar-refractivity contribution >= 4 is 0 Å². The van der Waals surface area contributed by atoms with E-state index in [2.05, 4.69) is 9.80 Å². The van der Waals surface area contributed by atoms with Crippen LogP contribution in [-0.2, 0) is 22.6 Å². The van der Waals surface area contributed by atoms with E-state index in [1.807, 2.05) is 30.3 Å². The van der Waals surface area contributed by atoms with Gasteiger partial charge in [-0.3, -0.25) is 9.80 Å². The van der Waals surface area contributed by atoms with Crippen molar-refractivity contribution in [2.75, 3.05) is 46.0 Å².